The number of sulfonamides is 1. The standard InChI is InChI=1S/C58H77N5O13S/c1-10-58(5,6)54(67)56(69)63-32-15-14-21-47(63)57(70)76-49(28-22-41-23-29-50(74-8)51(34-41)75-9)42-19-16-20-43(35-42)60-53(66)31-30-52(65)59-39(4)55(68)61-46(33-40-17-12-11-13-18-40)48(64)37-62(36-38(2)3)77(71,72)45-26-24-44(73-7)25-27-45/h11-13,16-20,23-27,29,34-35,38-39,46-49,64H,10,14-15,21-22,28,30-33,36-37H2,1-9H3,(H,59,65)(H,60,66)(H,61,68)/t39?,46-,47+,48+,49-/m1/s1. The van der Waals surface area contributed by atoms with Gasteiger partial charge in [-0.1, -0.05) is 83.1 Å². The van der Waals surface area contributed by atoms with E-state index in [1.54, 1.807) is 63.4 Å². The minimum Gasteiger partial charge on any atom is -0.497 e. The number of methoxy groups -OCH3 is 3. The van der Waals surface area contributed by atoms with Crippen molar-refractivity contribution in [2.24, 2.45) is 11.3 Å². The average Bonchev–Trinajstić information content (AvgIpc) is 3.42. The van der Waals surface area contributed by atoms with Gasteiger partial charge >= 0.3 is 5.97 Å². The molecule has 77 heavy (non-hydrogen) atoms. The average molecular weight is 1080 g/mol. The molecule has 0 radical (unpaired) electrons. The Labute approximate surface area is 453 Å². The topological polar surface area (TPSA) is 236 Å². The number of Topliss-reactive ketones (excluding diaryl/α,β-unsaturated/α-hetero) is 1. The van der Waals surface area contributed by atoms with Crippen molar-refractivity contribution in [2.45, 2.75) is 135 Å². The molecular formula is C58H77N5O13S. The zero-order chi connectivity index (χ0) is 56.5. The number of nitrogens with zero attached hydrogens (tertiary/aromatic N) is 2. The number of likely N-dealkylation sites (tertiary alicyclic amines) is 1. The number of amides is 4. The number of carbonyl (C=O) groups excluding carboxylic acids is 6. The van der Waals surface area contributed by atoms with E-state index in [1.165, 1.54) is 42.5 Å². The quantitative estimate of drug-likeness (QED) is 0.0333. The third-order valence-electron chi connectivity index (χ3n) is 13.8. The third-order valence-corrected chi connectivity index (χ3v) is 15.6. The minimum atomic E-state index is -4.09. The van der Waals surface area contributed by atoms with Gasteiger partial charge in [-0.2, -0.15) is 4.31 Å². The maximum absolute atomic E-state index is 14.2. The van der Waals surface area contributed by atoms with E-state index in [0.29, 0.717) is 67.0 Å². The van der Waals surface area contributed by atoms with Gasteiger partial charge in [-0.3, -0.25) is 24.0 Å². The first-order valence-electron chi connectivity index (χ1n) is 26.2. The fourth-order valence-electron chi connectivity index (χ4n) is 8.86. The summed E-state index contributed by atoms with van der Waals surface area (Å²) >= 11 is 0. The maximum atomic E-state index is 14.2. The smallest absolute Gasteiger partial charge is 0.329 e. The number of aryl methyl sites for hydroxylation is 1. The van der Waals surface area contributed by atoms with Crippen LogP contribution in [0, 0.1) is 11.3 Å². The Morgan fingerprint density at radius 1 is 0.779 bits per heavy atom. The van der Waals surface area contributed by atoms with Crippen molar-refractivity contribution in [3.63, 3.8) is 0 Å². The van der Waals surface area contributed by atoms with Crippen LogP contribution >= 0.6 is 0 Å². The molecule has 418 valence electrons. The van der Waals surface area contributed by atoms with Gasteiger partial charge in [-0.15, -0.1) is 0 Å². The molecule has 19 heteroatoms. The largest absolute Gasteiger partial charge is 0.497 e. The number of carbonyl (C=O) groups is 6. The lowest BCUT2D eigenvalue weighted by atomic mass is 9.84. The lowest BCUT2D eigenvalue weighted by Gasteiger charge is -2.36. The molecule has 5 atom stereocenters. The Morgan fingerprint density at radius 2 is 1.47 bits per heavy atom. The summed E-state index contributed by atoms with van der Waals surface area (Å²) in [5, 5.41) is 20.0. The highest BCUT2D eigenvalue weighted by Gasteiger charge is 2.41. The van der Waals surface area contributed by atoms with Crippen LogP contribution in [0.3, 0.4) is 0 Å². The Balaban J connectivity index is 1.25. The van der Waals surface area contributed by atoms with Crippen LogP contribution in [0.25, 0.3) is 0 Å². The molecule has 5 rings (SSSR count). The molecule has 4 aromatic carbocycles. The number of piperidine rings is 1. The summed E-state index contributed by atoms with van der Waals surface area (Å²) in [6.07, 6.45) is 0.182. The second-order valence-electron chi connectivity index (χ2n) is 20.5. The van der Waals surface area contributed by atoms with Gasteiger partial charge in [0.1, 0.15) is 23.9 Å². The van der Waals surface area contributed by atoms with E-state index in [-0.39, 0.29) is 49.7 Å². The second-order valence-corrected chi connectivity index (χ2v) is 22.4. The summed E-state index contributed by atoms with van der Waals surface area (Å²) in [7, 11) is 0.465. The maximum Gasteiger partial charge on any atom is 0.329 e. The number of rotatable bonds is 28. The van der Waals surface area contributed by atoms with E-state index in [0.717, 1.165) is 11.1 Å². The molecular weight excluding hydrogens is 1010 g/mol. The van der Waals surface area contributed by atoms with Crippen LogP contribution in [0.2, 0.25) is 0 Å². The number of anilines is 1. The van der Waals surface area contributed by atoms with Gasteiger partial charge in [0.2, 0.25) is 33.5 Å². The number of ether oxygens (including phenoxy) is 4. The number of benzene rings is 4. The zero-order valence-electron chi connectivity index (χ0n) is 45.8. The molecule has 1 fully saturated rings. The zero-order valence-corrected chi connectivity index (χ0v) is 46.7. The molecule has 0 aromatic heterocycles. The summed E-state index contributed by atoms with van der Waals surface area (Å²) in [5.74, 6) is -2.20. The van der Waals surface area contributed by atoms with Crippen molar-refractivity contribution in [1.29, 1.82) is 0 Å². The number of hydrogen-bond acceptors (Lipinski definition) is 13. The van der Waals surface area contributed by atoms with Crippen molar-refractivity contribution in [3.05, 3.63) is 114 Å². The molecule has 1 heterocycles. The van der Waals surface area contributed by atoms with Crippen LogP contribution in [0.15, 0.2) is 102 Å². The van der Waals surface area contributed by atoms with Crippen LogP contribution in [-0.2, 0) is 56.4 Å². The predicted molar refractivity (Wildman–Crippen MR) is 292 cm³/mol. The monoisotopic (exact) mass is 1080 g/mol. The van der Waals surface area contributed by atoms with Crippen molar-refractivity contribution in [1.82, 2.24) is 19.8 Å². The summed E-state index contributed by atoms with van der Waals surface area (Å²) in [6, 6.07) is 24.3. The number of esters is 1. The molecule has 4 amide bonds. The Kier molecular flexibility index (Phi) is 22.6. The normalized spacial score (nSPS) is 15.4. The van der Waals surface area contributed by atoms with Crippen molar-refractivity contribution >= 4 is 51.1 Å². The van der Waals surface area contributed by atoms with Crippen LogP contribution in [0.5, 0.6) is 17.2 Å². The molecule has 0 aliphatic carbocycles. The van der Waals surface area contributed by atoms with E-state index >= 15 is 0 Å². The van der Waals surface area contributed by atoms with Gasteiger partial charge in [-0.25, -0.2) is 13.2 Å². The first-order valence-corrected chi connectivity index (χ1v) is 27.7. The third kappa shape index (κ3) is 17.3. The predicted octanol–water partition coefficient (Wildman–Crippen LogP) is 6.97. The molecule has 1 saturated heterocycles. The molecule has 1 aliphatic heterocycles. The minimum absolute atomic E-state index is 0.0173. The number of ketones is 1. The highest BCUT2D eigenvalue weighted by Crippen LogP contribution is 2.33. The fraction of sp³-hybridized carbons (Fsp3) is 0.483. The molecule has 4 aromatic rings. The van der Waals surface area contributed by atoms with Crippen LogP contribution in [0.1, 0.15) is 109 Å². The van der Waals surface area contributed by atoms with Gasteiger partial charge in [-0.05, 0) is 123 Å². The van der Waals surface area contributed by atoms with Gasteiger partial charge in [0.25, 0.3) is 5.91 Å². The van der Waals surface area contributed by atoms with Gasteiger partial charge in [0.15, 0.2) is 11.5 Å². The summed E-state index contributed by atoms with van der Waals surface area (Å²) in [5.41, 5.74) is 1.65. The van der Waals surface area contributed by atoms with Crippen molar-refractivity contribution in [2.75, 3.05) is 46.3 Å². The first-order chi connectivity index (χ1) is 36.6. The van der Waals surface area contributed by atoms with Crippen LogP contribution in [-0.4, -0.2) is 123 Å². The SMILES string of the molecule is CCC(C)(C)C(=O)C(=O)N1CCCC[C@H]1C(=O)O[C@H](CCc1ccc(OC)c(OC)c1)c1cccc(NC(=O)CCC(=O)NC(C)C(=O)N[C@H](Cc2ccccc2)[C@@H](O)CN(CC(C)C)S(=O)(=O)c2ccc(OC)cc2)c1. The van der Waals surface area contributed by atoms with Crippen molar-refractivity contribution < 1.29 is 61.2 Å². The van der Waals surface area contributed by atoms with Gasteiger partial charge < -0.3 is 44.9 Å². The molecule has 0 bridgehead atoms. The number of hydrogen-bond donors (Lipinski definition) is 4. The summed E-state index contributed by atoms with van der Waals surface area (Å²) in [4.78, 5) is 82.8. The van der Waals surface area contributed by atoms with E-state index in [4.69, 9.17) is 18.9 Å². The molecule has 0 spiro atoms. The second kappa shape index (κ2) is 28.5. The highest BCUT2D eigenvalue weighted by atomic mass is 32.2. The summed E-state index contributed by atoms with van der Waals surface area (Å²) in [6.45, 7) is 10.4. The molecule has 1 unspecified atom stereocenters. The number of aliphatic hydroxyl groups is 1. The van der Waals surface area contributed by atoms with Gasteiger partial charge in [0.05, 0.1) is 38.4 Å². The van der Waals surface area contributed by atoms with Crippen molar-refractivity contribution in [3.8, 4) is 17.2 Å². The highest BCUT2D eigenvalue weighted by molar-refractivity contribution is 7.89. The van der Waals surface area contributed by atoms with E-state index in [9.17, 15) is 42.3 Å². The van der Waals surface area contributed by atoms with E-state index in [2.05, 4.69) is 16.0 Å². The summed E-state index contributed by atoms with van der Waals surface area (Å²) < 4.78 is 51.4. The van der Waals surface area contributed by atoms with Gasteiger partial charge in [0, 0.05) is 43.6 Å². The van der Waals surface area contributed by atoms with E-state index < -0.39 is 81.2 Å². The molecule has 4 N–H and O–H groups in total. The Hall–Kier alpha value is -6.83. The molecule has 18 nitrogen and oxygen atoms in total. The lowest BCUT2D eigenvalue weighted by molar-refractivity contribution is -0.164. The lowest BCUT2D eigenvalue weighted by Crippen LogP contribution is -2.55. The van der Waals surface area contributed by atoms with E-state index in [1.807, 2.05) is 63.2 Å². The number of aliphatic hydroxyl groups excluding tert-OH is 1. The Morgan fingerprint density at radius 3 is 2.12 bits per heavy atom. The molecule has 1 aliphatic rings. The van der Waals surface area contributed by atoms with Crippen LogP contribution < -0.4 is 30.2 Å². The number of nitrogens with one attached hydrogen (secondary N) is 3. The van der Waals surface area contributed by atoms with Crippen LogP contribution in [0.4, 0.5) is 5.69 Å². The fourth-order valence-corrected chi connectivity index (χ4v) is 10.5. The Bertz CT molecular complexity index is 2750. The first kappa shape index (κ1) is 61.0. The molecule has 0 saturated carbocycles.